The first-order chi connectivity index (χ1) is 11.2. The SMILES string of the molecule is CN1CCC(c2nc(C3(c4cccc(Cl)n4)CCC3)no2)CC1. The van der Waals surface area contributed by atoms with Gasteiger partial charge in [-0.25, -0.2) is 4.98 Å². The molecule has 2 aliphatic rings. The van der Waals surface area contributed by atoms with Crippen molar-refractivity contribution >= 4 is 11.6 Å². The van der Waals surface area contributed by atoms with Crippen molar-refractivity contribution in [2.24, 2.45) is 0 Å². The fraction of sp³-hybridized carbons (Fsp3) is 0.588. The second-order valence-corrected chi connectivity index (χ2v) is 7.20. The molecular formula is C17H21ClN4O. The smallest absolute Gasteiger partial charge is 0.229 e. The third-order valence-corrected chi connectivity index (χ3v) is 5.56. The molecule has 1 saturated carbocycles. The summed E-state index contributed by atoms with van der Waals surface area (Å²) in [6.45, 7) is 2.17. The molecule has 1 aliphatic carbocycles. The lowest BCUT2D eigenvalue weighted by Crippen LogP contribution is -2.37. The van der Waals surface area contributed by atoms with Crippen LogP contribution in [0.4, 0.5) is 0 Å². The van der Waals surface area contributed by atoms with Gasteiger partial charge < -0.3 is 9.42 Å². The molecule has 0 bridgehead atoms. The Bertz CT molecular complexity index is 689. The molecule has 0 amide bonds. The van der Waals surface area contributed by atoms with Gasteiger partial charge in [0.1, 0.15) is 5.15 Å². The molecule has 6 heteroatoms. The van der Waals surface area contributed by atoms with Crippen LogP contribution in [0.1, 0.15) is 55.4 Å². The van der Waals surface area contributed by atoms with Gasteiger partial charge in [0.2, 0.25) is 5.89 Å². The number of likely N-dealkylation sites (tertiary alicyclic amines) is 1. The number of rotatable bonds is 3. The van der Waals surface area contributed by atoms with Crippen LogP contribution >= 0.6 is 11.6 Å². The van der Waals surface area contributed by atoms with Crippen LogP contribution in [-0.4, -0.2) is 40.2 Å². The van der Waals surface area contributed by atoms with Crippen LogP contribution in [0.5, 0.6) is 0 Å². The molecule has 2 aromatic rings. The second kappa shape index (κ2) is 5.87. The van der Waals surface area contributed by atoms with Gasteiger partial charge in [0.25, 0.3) is 0 Å². The molecule has 0 atom stereocenters. The Labute approximate surface area is 141 Å². The zero-order chi connectivity index (χ0) is 15.9. The average molecular weight is 333 g/mol. The van der Waals surface area contributed by atoms with Crippen molar-refractivity contribution in [1.82, 2.24) is 20.0 Å². The van der Waals surface area contributed by atoms with Crippen molar-refractivity contribution in [3.8, 4) is 0 Å². The zero-order valence-electron chi connectivity index (χ0n) is 13.3. The van der Waals surface area contributed by atoms with Crippen molar-refractivity contribution in [2.45, 2.75) is 43.4 Å². The molecule has 3 heterocycles. The van der Waals surface area contributed by atoms with Gasteiger partial charge in [0.05, 0.1) is 11.1 Å². The standard InChI is InChI=1S/C17H21ClN4O/c1-22-10-6-12(7-11-22)15-20-16(21-23-15)17(8-3-9-17)13-4-2-5-14(18)19-13/h2,4-5,12H,3,6-11H2,1H3. The van der Waals surface area contributed by atoms with Crippen molar-refractivity contribution in [3.05, 3.63) is 40.8 Å². The van der Waals surface area contributed by atoms with E-state index in [-0.39, 0.29) is 5.41 Å². The van der Waals surface area contributed by atoms with Crippen molar-refractivity contribution in [3.63, 3.8) is 0 Å². The molecule has 0 radical (unpaired) electrons. The Kier molecular flexibility index (Phi) is 3.85. The number of hydrogen-bond acceptors (Lipinski definition) is 5. The fourth-order valence-electron chi connectivity index (χ4n) is 3.65. The molecule has 0 spiro atoms. The summed E-state index contributed by atoms with van der Waals surface area (Å²) in [5.74, 6) is 1.96. The first-order valence-corrected chi connectivity index (χ1v) is 8.71. The fourth-order valence-corrected chi connectivity index (χ4v) is 3.81. The summed E-state index contributed by atoms with van der Waals surface area (Å²) in [6.07, 6.45) is 5.34. The van der Waals surface area contributed by atoms with Crippen LogP contribution in [0.15, 0.2) is 22.7 Å². The first-order valence-electron chi connectivity index (χ1n) is 8.33. The van der Waals surface area contributed by atoms with E-state index in [1.165, 1.54) is 0 Å². The first kappa shape index (κ1) is 15.1. The predicted molar refractivity (Wildman–Crippen MR) is 87.6 cm³/mol. The minimum Gasteiger partial charge on any atom is -0.339 e. The maximum absolute atomic E-state index is 6.08. The molecule has 0 N–H and O–H groups in total. The largest absolute Gasteiger partial charge is 0.339 e. The van der Waals surface area contributed by atoms with Crippen molar-refractivity contribution < 1.29 is 4.52 Å². The van der Waals surface area contributed by atoms with E-state index in [9.17, 15) is 0 Å². The molecule has 5 nitrogen and oxygen atoms in total. The molecule has 122 valence electrons. The average Bonchev–Trinajstić information content (AvgIpc) is 2.97. The number of halogens is 1. The summed E-state index contributed by atoms with van der Waals surface area (Å²) >= 11 is 6.08. The molecular weight excluding hydrogens is 312 g/mol. The number of nitrogens with zero attached hydrogens (tertiary/aromatic N) is 4. The maximum Gasteiger partial charge on any atom is 0.229 e. The van der Waals surface area contributed by atoms with Gasteiger partial charge in [-0.05, 0) is 58.0 Å². The third kappa shape index (κ3) is 2.66. The van der Waals surface area contributed by atoms with E-state index < -0.39 is 0 Å². The van der Waals surface area contributed by atoms with Gasteiger partial charge in [-0.1, -0.05) is 29.2 Å². The number of piperidine rings is 1. The van der Waals surface area contributed by atoms with Gasteiger partial charge in [0.15, 0.2) is 5.82 Å². The summed E-state index contributed by atoms with van der Waals surface area (Å²) < 4.78 is 5.63. The summed E-state index contributed by atoms with van der Waals surface area (Å²) in [6, 6.07) is 5.77. The normalized spacial score (nSPS) is 22.0. The minimum absolute atomic E-state index is 0.210. The van der Waals surface area contributed by atoms with E-state index in [1.807, 2.05) is 12.1 Å². The zero-order valence-corrected chi connectivity index (χ0v) is 14.1. The van der Waals surface area contributed by atoms with Gasteiger partial charge in [-0.3, -0.25) is 0 Å². The molecule has 1 saturated heterocycles. The topological polar surface area (TPSA) is 55.1 Å². The molecule has 2 aromatic heterocycles. The molecule has 4 rings (SSSR count). The highest BCUT2D eigenvalue weighted by molar-refractivity contribution is 6.29. The van der Waals surface area contributed by atoms with E-state index in [1.54, 1.807) is 6.07 Å². The Balaban J connectivity index is 1.62. The van der Waals surface area contributed by atoms with E-state index in [2.05, 4.69) is 22.1 Å². The van der Waals surface area contributed by atoms with E-state index in [0.717, 1.165) is 62.6 Å². The molecule has 0 aromatic carbocycles. The monoisotopic (exact) mass is 332 g/mol. The van der Waals surface area contributed by atoms with Crippen LogP contribution in [0.25, 0.3) is 0 Å². The highest BCUT2D eigenvalue weighted by atomic mass is 35.5. The molecule has 0 unspecified atom stereocenters. The lowest BCUT2D eigenvalue weighted by Gasteiger charge is -2.38. The van der Waals surface area contributed by atoms with Gasteiger partial charge in [-0.2, -0.15) is 4.98 Å². The Hall–Kier alpha value is -1.46. The minimum atomic E-state index is -0.210. The maximum atomic E-state index is 6.08. The summed E-state index contributed by atoms with van der Waals surface area (Å²) in [5.41, 5.74) is 0.755. The van der Waals surface area contributed by atoms with Gasteiger partial charge in [0, 0.05) is 5.92 Å². The van der Waals surface area contributed by atoms with Crippen LogP contribution < -0.4 is 0 Å². The predicted octanol–water partition coefficient (Wildman–Crippen LogP) is 3.40. The highest BCUT2D eigenvalue weighted by Gasteiger charge is 2.46. The van der Waals surface area contributed by atoms with Gasteiger partial charge >= 0.3 is 0 Å². The Morgan fingerprint density at radius 3 is 2.65 bits per heavy atom. The van der Waals surface area contributed by atoms with Crippen LogP contribution in [0.3, 0.4) is 0 Å². The van der Waals surface area contributed by atoms with Gasteiger partial charge in [-0.15, -0.1) is 0 Å². The highest BCUT2D eigenvalue weighted by Crippen LogP contribution is 2.47. The third-order valence-electron chi connectivity index (χ3n) is 5.35. The summed E-state index contributed by atoms with van der Waals surface area (Å²) in [7, 11) is 2.16. The summed E-state index contributed by atoms with van der Waals surface area (Å²) in [4.78, 5) is 11.6. The number of aromatic nitrogens is 3. The lowest BCUT2D eigenvalue weighted by molar-refractivity contribution is 0.225. The van der Waals surface area contributed by atoms with Crippen molar-refractivity contribution in [1.29, 1.82) is 0 Å². The Morgan fingerprint density at radius 2 is 2.00 bits per heavy atom. The van der Waals surface area contributed by atoms with Crippen LogP contribution in [0, 0.1) is 0 Å². The van der Waals surface area contributed by atoms with Crippen LogP contribution in [-0.2, 0) is 5.41 Å². The van der Waals surface area contributed by atoms with Crippen LogP contribution in [0.2, 0.25) is 5.15 Å². The van der Waals surface area contributed by atoms with Crippen molar-refractivity contribution in [2.75, 3.05) is 20.1 Å². The quantitative estimate of drug-likeness (QED) is 0.806. The number of hydrogen-bond donors (Lipinski definition) is 0. The molecule has 1 aliphatic heterocycles. The molecule has 23 heavy (non-hydrogen) atoms. The number of pyridine rings is 1. The van der Waals surface area contributed by atoms with E-state index >= 15 is 0 Å². The van der Waals surface area contributed by atoms with E-state index in [0.29, 0.717) is 11.1 Å². The van der Waals surface area contributed by atoms with E-state index in [4.69, 9.17) is 21.1 Å². The lowest BCUT2D eigenvalue weighted by atomic mass is 9.66. The second-order valence-electron chi connectivity index (χ2n) is 6.81. The molecule has 2 fully saturated rings. The summed E-state index contributed by atoms with van der Waals surface area (Å²) in [5, 5.41) is 4.85. The Morgan fingerprint density at radius 1 is 1.22 bits per heavy atom.